The van der Waals surface area contributed by atoms with Gasteiger partial charge in [-0.2, -0.15) is 0 Å². The van der Waals surface area contributed by atoms with Crippen LogP contribution in [0.3, 0.4) is 0 Å². The van der Waals surface area contributed by atoms with Gasteiger partial charge in [0.2, 0.25) is 0 Å². The van der Waals surface area contributed by atoms with E-state index < -0.39 is 29.8 Å². The molecule has 2 rings (SSSR count). The summed E-state index contributed by atoms with van der Waals surface area (Å²) >= 11 is 0. The van der Waals surface area contributed by atoms with E-state index in [2.05, 4.69) is 10.3 Å². The molecule has 1 aromatic carbocycles. The van der Waals surface area contributed by atoms with Crippen molar-refractivity contribution in [1.82, 2.24) is 14.9 Å². The molecule has 1 heterocycles. The molecule has 8 nitrogen and oxygen atoms in total. The van der Waals surface area contributed by atoms with Gasteiger partial charge in [0.25, 0.3) is 0 Å². The van der Waals surface area contributed by atoms with Gasteiger partial charge in [0.05, 0.1) is 0 Å². The van der Waals surface area contributed by atoms with Crippen LogP contribution in [0.1, 0.15) is 32.4 Å². The van der Waals surface area contributed by atoms with Crippen LogP contribution in [0, 0.1) is 0 Å². The molecule has 0 saturated carbocycles. The third-order valence-corrected chi connectivity index (χ3v) is 2.93. The molecule has 0 aliphatic heterocycles. The summed E-state index contributed by atoms with van der Waals surface area (Å²) in [6.45, 7) is 5.10. The van der Waals surface area contributed by atoms with Gasteiger partial charge >= 0.3 is 18.2 Å². The monoisotopic (exact) mass is 345 g/mol. The first-order valence-electron chi connectivity index (χ1n) is 7.55. The Labute approximate surface area is 144 Å². The number of alkyl carbamates (subject to hydrolysis) is 1. The largest absolute Gasteiger partial charge is 0.444 e. The third kappa shape index (κ3) is 5.45. The molecule has 0 aliphatic carbocycles. The molecule has 1 aromatic heterocycles. The highest BCUT2D eigenvalue weighted by Crippen LogP contribution is 2.16. The van der Waals surface area contributed by atoms with Crippen molar-refractivity contribution < 1.29 is 23.9 Å². The van der Waals surface area contributed by atoms with Gasteiger partial charge in [-0.25, -0.2) is 23.9 Å². The zero-order chi connectivity index (χ0) is 18.4. The van der Waals surface area contributed by atoms with Crippen molar-refractivity contribution in [1.29, 1.82) is 0 Å². The number of ether oxygens (including phenoxy) is 2. The second kappa shape index (κ2) is 7.61. The number of nitrogens with zero attached hydrogens (tertiary/aromatic N) is 2. The smallest absolute Gasteiger partial charge is 0.427 e. The number of nitrogens with one attached hydrogen (secondary N) is 1. The van der Waals surface area contributed by atoms with Gasteiger partial charge < -0.3 is 14.8 Å². The number of rotatable bonds is 3. The van der Waals surface area contributed by atoms with E-state index in [9.17, 15) is 14.4 Å². The molecule has 1 atom stereocenters. The average molecular weight is 345 g/mol. The standard InChI is InChI=1S/C17H19N3O5/c1-17(2,3)25-15(22)19-13(12-7-5-4-6-8-12)14(21)24-16(23)20-10-9-18-11-20/h4-11,13H,1-3H3,(H,19,22). The second-order valence-electron chi connectivity index (χ2n) is 6.15. The summed E-state index contributed by atoms with van der Waals surface area (Å²) in [4.78, 5) is 40.0. The van der Waals surface area contributed by atoms with Crippen molar-refractivity contribution in [3.8, 4) is 0 Å². The molecule has 1 unspecified atom stereocenters. The Morgan fingerprint density at radius 1 is 1.16 bits per heavy atom. The molecule has 0 spiro atoms. The summed E-state index contributed by atoms with van der Waals surface area (Å²) in [5.41, 5.74) is -0.279. The third-order valence-electron chi connectivity index (χ3n) is 2.93. The fourth-order valence-corrected chi connectivity index (χ4v) is 1.91. The molecule has 0 fully saturated rings. The molecule has 1 amide bonds. The minimum Gasteiger partial charge on any atom is -0.444 e. The molecule has 2 aromatic rings. The van der Waals surface area contributed by atoms with E-state index in [0.717, 1.165) is 4.57 Å². The lowest BCUT2D eigenvalue weighted by Crippen LogP contribution is -2.39. The van der Waals surface area contributed by atoms with Crippen LogP contribution in [-0.2, 0) is 14.3 Å². The van der Waals surface area contributed by atoms with Crippen LogP contribution in [0.4, 0.5) is 9.59 Å². The van der Waals surface area contributed by atoms with Crippen molar-refractivity contribution in [2.45, 2.75) is 32.4 Å². The topological polar surface area (TPSA) is 99.5 Å². The summed E-state index contributed by atoms with van der Waals surface area (Å²) in [5, 5.41) is 2.43. The van der Waals surface area contributed by atoms with E-state index in [4.69, 9.17) is 9.47 Å². The van der Waals surface area contributed by atoms with E-state index >= 15 is 0 Å². The van der Waals surface area contributed by atoms with Crippen molar-refractivity contribution in [2.75, 3.05) is 0 Å². The minimum absolute atomic E-state index is 0.455. The van der Waals surface area contributed by atoms with Gasteiger partial charge in [-0.3, -0.25) is 0 Å². The summed E-state index contributed by atoms with van der Waals surface area (Å²) in [6.07, 6.45) is 2.20. The van der Waals surface area contributed by atoms with Crippen LogP contribution in [-0.4, -0.2) is 33.3 Å². The molecule has 1 N–H and O–H groups in total. The van der Waals surface area contributed by atoms with E-state index in [1.807, 2.05) is 0 Å². The Morgan fingerprint density at radius 2 is 1.84 bits per heavy atom. The van der Waals surface area contributed by atoms with Crippen LogP contribution in [0.2, 0.25) is 0 Å². The molecular formula is C17H19N3O5. The maximum Gasteiger partial charge on any atom is 0.427 e. The fourth-order valence-electron chi connectivity index (χ4n) is 1.91. The predicted molar refractivity (Wildman–Crippen MR) is 87.7 cm³/mol. The van der Waals surface area contributed by atoms with E-state index in [0.29, 0.717) is 5.56 Å². The maximum absolute atomic E-state index is 12.4. The first-order chi connectivity index (χ1) is 11.8. The minimum atomic E-state index is -1.19. The number of amides is 1. The van der Waals surface area contributed by atoms with Gasteiger partial charge in [0.1, 0.15) is 11.9 Å². The van der Waals surface area contributed by atoms with Gasteiger partial charge in [-0.05, 0) is 26.3 Å². The first-order valence-corrected chi connectivity index (χ1v) is 7.55. The van der Waals surface area contributed by atoms with Gasteiger partial charge in [0.15, 0.2) is 6.04 Å². The van der Waals surface area contributed by atoms with Crippen LogP contribution < -0.4 is 5.32 Å². The van der Waals surface area contributed by atoms with Gasteiger partial charge in [0, 0.05) is 12.4 Å². The number of hydrogen-bond donors (Lipinski definition) is 1. The van der Waals surface area contributed by atoms with Crippen molar-refractivity contribution in [3.63, 3.8) is 0 Å². The van der Waals surface area contributed by atoms with E-state index in [-0.39, 0.29) is 0 Å². The summed E-state index contributed by atoms with van der Waals surface area (Å²) in [7, 11) is 0. The lowest BCUT2D eigenvalue weighted by molar-refractivity contribution is -0.140. The highest BCUT2D eigenvalue weighted by Gasteiger charge is 2.29. The molecule has 25 heavy (non-hydrogen) atoms. The second-order valence-corrected chi connectivity index (χ2v) is 6.15. The van der Waals surface area contributed by atoms with E-state index in [1.165, 1.54) is 18.7 Å². The van der Waals surface area contributed by atoms with Crippen LogP contribution in [0.5, 0.6) is 0 Å². The quantitative estimate of drug-likeness (QED) is 0.678. The van der Waals surface area contributed by atoms with Crippen molar-refractivity contribution in [2.24, 2.45) is 0 Å². The molecule has 8 heteroatoms. The zero-order valence-electron chi connectivity index (χ0n) is 14.1. The first kappa shape index (κ1) is 18.2. The normalized spacial score (nSPS) is 12.1. The molecular weight excluding hydrogens is 326 g/mol. The number of benzene rings is 1. The van der Waals surface area contributed by atoms with Gasteiger partial charge in [-0.15, -0.1) is 0 Å². The Balaban J connectivity index is 2.15. The highest BCUT2D eigenvalue weighted by atomic mass is 16.6. The Bertz CT molecular complexity index is 735. The summed E-state index contributed by atoms with van der Waals surface area (Å²) in [6, 6.07) is 7.23. The maximum atomic E-state index is 12.4. The zero-order valence-corrected chi connectivity index (χ0v) is 14.1. The van der Waals surface area contributed by atoms with Crippen LogP contribution in [0.25, 0.3) is 0 Å². The van der Waals surface area contributed by atoms with Crippen LogP contribution >= 0.6 is 0 Å². The molecule has 0 bridgehead atoms. The predicted octanol–water partition coefficient (Wildman–Crippen LogP) is 2.66. The Hall–Kier alpha value is -3.16. The van der Waals surface area contributed by atoms with Crippen molar-refractivity contribution >= 4 is 18.2 Å². The lowest BCUT2D eigenvalue weighted by Gasteiger charge is -2.22. The van der Waals surface area contributed by atoms with Gasteiger partial charge in [-0.1, -0.05) is 30.3 Å². The molecule has 0 aliphatic rings. The Kier molecular flexibility index (Phi) is 5.53. The number of aromatic nitrogens is 2. The van der Waals surface area contributed by atoms with Crippen LogP contribution in [0.15, 0.2) is 49.1 Å². The SMILES string of the molecule is CC(C)(C)OC(=O)NC(C(=O)OC(=O)n1ccnc1)c1ccccc1. The number of imidazole rings is 1. The molecule has 0 saturated heterocycles. The number of hydrogen-bond acceptors (Lipinski definition) is 6. The molecule has 0 radical (unpaired) electrons. The summed E-state index contributed by atoms with van der Waals surface area (Å²) in [5.74, 6) is -0.934. The number of carbonyl (C=O) groups excluding carboxylic acids is 3. The number of esters is 1. The van der Waals surface area contributed by atoms with E-state index in [1.54, 1.807) is 51.1 Å². The average Bonchev–Trinajstić information content (AvgIpc) is 3.06. The summed E-state index contributed by atoms with van der Waals surface area (Å²) < 4.78 is 11.0. The Morgan fingerprint density at radius 3 is 2.40 bits per heavy atom. The lowest BCUT2D eigenvalue weighted by atomic mass is 10.1. The highest BCUT2D eigenvalue weighted by molar-refractivity contribution is 5.91. The van der Waals surface area contributed by atoms with Crippen molar-refractivity contribution in [3.05, 3.63) is 54.6 Å². The fraction of sp³-hybridized carbons (Fsp3) is 0.294. The number of carbonyl (C=O) groups is 3. The molecule has 132 valence electrons.